The molecule has 0 radical (unpaired) electrons. The molecule has 0 amide bonds. The van der Waals surface area contributed by atoms with Gasteiger partial charge in [-0.15, -0.1) is 0 Å². The second-order valence-electron chi connectivity index (χ2n) is 13.8. The van der Waals surface area contributed by atoms with Crippen molar-refractivity contribution < 1.29 is 49.4 Å². The highest BCUT2D eigenvalue weighted by atomic mass is 16.5. The number of carboxylic acid groups (broad SMARTS) is 3. The van der Waals surface area contributed by atoms with E-state index in [1.165, 1.54) is 70.6 Å². The van der Waals surface area contributed by atoms with E-state index in [0.29, 0.717) is 19.6 Å². The summed E-state index contributed by atoms with van der Waals surface area (Å²) >= 11 is 0. The third-order valence-electron chi connectivity index (χ3n) is 6.27. The second kappa shape index (κ2) is 32.2. The number of rotatable bonds is 21. The van der Waals surface area contributed by atoms with Gasteiger partial charge in [-0.1, -0.05) is 84.0 Å². The molecule has 0 bridgehead atoms. The Hall–Kier alpha value is -1.75. The number of carboxylic acids is 3. The van der Waals surface area contributed by atoms with E-state index in [1.807, 2.05) is 6.92 Å². The smallest absolute Gasteiger partial charge is 0.308 e. The zero-order valence-electron chi connectivity index (χ0n) is 30.5. The lowest BCUT2D eigenvalue weighted by Gasteiger charge is -2.16. The predicted octanol–water partition coefficient (Wildman–Crippen LogP) is 7.96. The summed E-state index contributed by atoms with van der Waals surface area (Å²) < 4.78 is 10.5. The summed E-state index contributed by atoms with van der Waals surface area (Å²) in [6.45, 7) is 18.3. The summed E-state index contributed by atoms with van der Waals surface area (Å²) in [5.74, 6) is -2.17. The fraction of sp³-hybridized carbons (Fsp3) is 0.914. The van der Waals surface area contributed by atoms with Crippen molar-refractivity contribution >= 4 is 17.9 Å². The van der Waals surface area contributed by atoms with E-state index < -0.39 is 34.8 Å². The van der Waals surface area contributed by atoms with Gasteiger partial charge in [-0.2, -0.15) is 0 Å². The lowest BCUT2D eigenvalue weighted by Crippen LogP contribution is -2.24. The third-order valence-corrected chi connectivity index (χ3v) is 6.27. The zero-order chi connectivity index (χ0) is 35.9. The monoisotopic (exact) mass is 653 g/mol. The van der Waals surface area contributed by atoms with Crippen molar-refractivity contribution in [1.82, 2.24) is 0 Å². The number of aliphatic carboxylic acids is 3. The Labute approximate surface area is 275 Å². The van der Waals surface area contributed by atoms with Crippen LogP contribution in [0.4, 0.5) is 0 Å². The fourth-order valence-electron chi connectivity index (χ4n) is 3.00. The van der Waals surface area contributed by atoms with Gasteiger partial charge in [0.25, 0.3) is 0 Å². The molecule has 0 spiro atoms. The molecule has 3 unspecified atom stereocenters. The van der Waals surface area contributed by atoms with E-state index in [9.17, 15) is 14.4 Å². The van der Waals surface area contributed by atoms with Gasteiger partial charge in [0, 0.05) is 6.42 Å². The molecule has 5 N–H and O–H groups in total. The van der Waals surface area contributed by atoms with Crippen LogP contribution in [0.2, 0.25) is 0 Å². The first-order valence-corrected chi connectivity index (χ1v) is 16.9. The minimum atomic E-state index is -0.757. The van der Waals surface area contributed by atoms with E-state index in [0.717, 1.165) is 12.8 Å². The summed E-state index contributed by atoms with van der Waals surface area (Å²) in [4.78, 5) is 30.3. The molecular weight excluding hydrogens is 580 g/mol. The number of ether oxygens (including phenoxy) is 2. The molecule has 0 aliphatic rings. The standard InChI is InChI=1S/C16H32O2.C9H20O4.2C5H10O2/c1-2-3-4-5-6-7-8-9-10-11-12-13-14-15-16(17)18;1-7(11)5-12-9(3)6-13-8(2)4-10;2*1-5(2,3)4(6)7/h2-15H2,1H3,(H,17,18);7-11H,4-6H2,1-3H3;2*1-3H3,(H,6,7). The highest BCUT2D eigenvalue weighted by molar-refractivity contribution is 5.73. The lowest BCUT2D eigenvalue weighted by molar-refractivity contribution is -0.146. The normalized spacial score (nSPS) is 13.1. The van der Waals surface area contributed by atoms with Gasteiger partial charge in [0.1, 0.15) is 0 Å². The molecule has 10 nitrogen and oxygen atoms in total. The molecular formula is C35H72O10. The van der Waals surface area contributed by atoms with Crippen molar-refractivity contribution in [1.29, 1.82) is 0 Å². The maximum atomic E-state index is 10.3. The summed E-state index contributed by atoms with van der Waals surface area (Å²) in [7, 11) is 0. The molecule has 0 fully saturated rings. The van der Waals surface area contributed by atoms with Crippen molar-refractivity contribution in [2.24, 2.45) is 10.8 Å². The Morgan fingerprint density at radius 3 is 1.16 bits per heavy atom. The Morgan fingerprint density at radius 2 is 0.889 bits per heavy atom. The van der Waals surface area contributed by atoms with Crippen LogP contribution in [0.15, 0.2) is 0 Å². The highest BCUT2D eigenvalue weighted by Gasteiger charge is 2.19. The molecule has 10 heteroatoms. The average molecular weight is 653 g/mol. The molecule has 0 aromatic heterocycles. The number of unbranched alkanes of at least 4 members (excludes halogenated alkanes) is 12. The Morgan fingerprint density at radius 1 is 0.578 bits per heavy atom. The van der Waals surface area contributed by atoms with Crippen LogP contribution in [0.3, 0.4) is 0 Å². The van der Waals surface area contributed by atoms with Gasteiger partial charge in [0.15, 0.2) is 0 Å². The highest BCUT2D eigenvalue weighted by Crippen LogP contribution is 2.13. The molecule has 0 saturated carbocycles. The van der Waals surface area contributed by atoms with E-state index in [4.69, 9.17) is 35.0 Å². The number of aliphatic hydroxyl groups is 2. The average Bonchev–Trinajstić information content (AvgIpc) is 2.92. The topological polar surface area (TPSA) is 171 Å². The first-order valence-electron chi connectivity index (χ1n) is 16.9. The number of hydrogen-bond donors (Lipinski definition) is 5. The first kappa shape index (κ1) is 50.1. The molecule has 0 saturated heterocycles. The summed E-state index contributed by atoms with van der Waals surface area (Å²) in [5.41, 5.74) is -1.17. The van der Waals surface area contributed by atoms with Crippen LogP contribution in [0.5, 0.6) is 0 Å². The second-order valence-corrected chi connectivity index (χ2v) is 13.8. The minimum Gasteiger partial charge on any atom is -0.481 e. The van der Waals surface area contributed by atoms with Crippen molar-refractivity contribution in [2.45, 2.75) is 177 Å². The molecule has 0 rings (SSSR count). The zero-order valence-corrected chi connectivity index (χ0v) is 30.5. The number of aliphatic hydroxyl groups excluding tert-OH is 2. The van der Waals surface area contributed by atoms with Gasteiger partial charge in [0.05, 0.1) is 49.0 Å². The van der Waals surface area contributed by atoms with Crippen molar-refractivity contribution in [3.8, 4) is 0 Å². The minimum absolute atomic E-state index is 0.0170. The Bertz CT molecular complexity index is 657. The molecule has 0 aliphatic heterocycles. The van der Waals surface area contributed by atoms with Crippen LogP contribution in [0, 0.1) is 10.8 Å². The van der Waals surface area contributed by atoms with Crippen molar-refractivity contribution in [3.63, 3.8) is 0 Å². The van der Waals surface area contributed by atoms with E-state index in [-0.39, 0.29) is 18.8 Å². The molecule has 3 atom stereocenters. The van der Waals surface area contributed by atoms with Crippen LogP contribution in [0.1, 0.15) is 159 Å². The van der Waals surface area contributed by atoms with Gasteiger partial charge in [-0.05, 0) is 68.7 Å². The van der Waals surface area contributed by atoms with E-state index >= 15 is 0 Å². The molecule has 272 valence electrons. The van der Waals surface area contributed by atoms with Crippen molar-refractivity contribution in [3.05, 3.63) is 0 Å². The quantitative estimate of drug-likeness (QED) is 0.0766. The van der Waals surface area contributed by atoms with Crippen LogP contribution in [0.25, 0.3) is 0 Å². The summed E-state index contributed by atoms with van der Waals surface area (Å²) in [6, 6.07) is 0. The largest absolute Gasteiger partial charge is 0.481 e. The van der Waals surface area contributed by atoms with Gasteiger partial charge < -0.3 is 35.0 Å². The van der Waals surface area contributed by atoms with E-state index in [2.05, 4.69) is 6.92 Å². The fourth-order valence-corrected chi connectivity index (χ4v) is 3.00. The van der Waals surface area contributed by atoms with Gasteiger partial charge in [-0.25, -0.2) is 0 Å². The number of hydrogen-bond acceptors (Lipinski definition) is 7. The Balaban J connectivity index is -0.000000271. The summed E-state index contributed by atoms with van der Waals surface area (Å²) in [5, 5.41) is 42.6. The van der Waals surface area contributed by atoms with Gasteiger partial charge >= 0.3 is 17.9 Å². The molecule has 0 aromatic carbocycles. The first-order chi connectivity index (χ1) is 20.7. The van der Waals surface area contributed by atoms with Crippen LogP contribution in [-0.4, -0.2) is 81.6 Å². The molecule has 45 heavy (non-hydrogen) atoms. The third kappa shape index (κ3) is 49.3. The predicted molar refractivity (Wildman–Crippen MR) is 182 cm³/mol. The molecule has 0 aliphatic carbocycles. The molecule has 0 heterocycles. The maximum absolute atomic E-state index is 10.3. The van der Waals surface area contributed by atoms with Crippen LogP contribution in [-0.2, 0) is 23.9 Å². The Kier molecular flexibility index (Phi) is 35.9. The SMILES string of the molecule is CC(C)(C)C(=O)O.CC(C)(C)C(=O)O.CC(O)COC(C)COC(C)CO.CCCCCCCCCCCCCCCC(=O)O. The maximum Gasteiger partial charge on any atom is 0.308 e. The van der Waals surface area contributed by atoms with Crippen molar-refractivity contribution in [2.75, 3.05) is 19.8 Å². The van der Waals surface area contributed by atoms with Gasteiger partial charge in [0.2, 0.25) is 0 Å². The van der Waals surface area contributed by atoms with Crippen LogP contribution < -0.4 is 0 Å². The lowest BCUT2D eigenvalue weighted by atomic mass is 9.98. The molecule has 0 aromatic rings. The number of carbonyl (C=O) groups is 3. The summed E-state index contributed by atoms with van der Waals surface area (Å²) in [6.07, 6.45) is 16.6. The van der Waals surface area contributed by atoms with Crippen LogP contribution >= 0.6 is 0 Å². The van der Waals surface area contributed by atoms with Gasteiger partial charge in [-0.3, -0.25) is 14.4 Å². The van der Waals surface area contributed by atoms with E-state index in [1.54, 1.807) is 55.4 Å².